The minimum atomic E-state index is -4.44. The number of imidazole rings is 1. The van der Waals surface area contributed by atoms with E-state index in [1.165, 1.54) is 79.3 Å². The first-order valence-corrected chi connectivity index (χ1v) is 29.6. The van der Waals surface area contributed by atoms with E-state index >= 15 is 0 Å². The van der Waals surface area contributed by atoms with Crippen LogP contribution in [0.25, 0.3) is 22.0 Å². The van der Waals surface area contributed by atoms with E-state index in [2.05, 4.69) is 50.9 Å². The minimum absolute atomic E-state index is 0.00332. The molecule has 7 rings (SSSR count). The first-order valence-electron chi connectivity index (χ1n) is 25.2. The number of hydrogen-bond donors (Lipinski definition) is 9. The molecule has 0 aliphatic carbocycles. The Hall–Kier alpha value is -8.26. The topological polar surface area (TPSA) is 370 Å². The summed E-state index contributed by atoms with van der Waals surface area (Å²) in [5.41, 5.74) is 4.75. The molecule has 3 heterocycles. The summed E-state index contributed by atoms with van der Waals surface area (Å²) in [6.07, 6.45) is 8.11. The molecule has 0 saturated heterocycles. The highest BCUT2D eigenvalue weighted by molar-refractivity contribution is 7.89. The maximum atomic E-state index is 13.4. The summed E-state index contributed by atoms with van der Waals surface area (Å²) in [7, 11) is -11.1. The summed E-state index contributed by atoms with van der Waals surface area (Å²) in [5.74, 6) is -1.94. The Bertz CT molecular complexity index is 3760. The number of carbonyl (C=O) groups excluding carboxylic acids is 2. The van der Waals surface area contributed by atoms with Crippen LogP contribution < -0.4 is 36.2 Å². The fourth-order valence-corrected chi connectivity index (χ4v) is 10.7. The maximum Gasteiger partial charge on any atom is 0.323 e. The van der Waals surface area contributed by atoms with Gasteiger partial charge in [-0.2, -0.15) is 18.2 Å². The molecule has 3 aromatic heterocycles. The zero-order chi connectivity index (χ0) is 58.7. The average Bonchev–Trinajstić information content (AvgIpc) is 4.09. The summed E-state index contributed by atoms with van der Waals surface area (Å²) >= 11 is 0. The van der Waals surface area contributed by atoms with Gasteiger partial charge < -0.3 is 44.8 Å². The third kappa shape index (κ3) is 17.6. The van der Waals surface area contributed by atoms with Crippen molar-refractivity contribution in [1.82, 2.24) is 39.6 Å². The number of rotatable bonds is 32. The summed E-state index contributed by atoms with van der Waals surface area (Å²) in [6.45, 7) is 2.05. The molecule has 82 heavy (non-hydrogen) atoms. The van der Waals surface area contributed by atoms with Gasteiger partial charge in [-0.05, 0) is 84.1 Å². The first-order chi connectivity index (χ1) is 39.3. The number of nitrogens with one attached hydrogen (secondary N) is 7. The number of benzene rings is 4. The Labute approximate surface area is 471 Å². The third-order valence-corrected chi connectivity index (χ3v) is 15.9. The number of aromatic amines is 1. The van der Waals surface area contributed by atoms with Crippen molar-refractivity contribution in [2.75, 3.05) is 70.0 Å². The van der Waals surface area contributed by atoms with Gasteiger partial charge in [0.05, 0.1) is 53.5 Å². The smallest absolute Gasteiger partial charge is 0.323 e. The van der Waals surface area contributed by atoms with Crippen molar-refractivity contribution >= 4 is 76.8 Å². The fraction of sp³-hybridized carbons (Fsp3) is 0.264. The van der Waals surface area contributed by atoms with Gasteiger partial charge in [0.15, 0.2) is 5.95 Å². The lowest BCUT2D eigenvalue weighted by Gasteiger charge is -2.16. The number of hydrogen-bond acceptors (Lipinski definition) is 18. The number of aryl methyl sites for hydroxylation is 1. The molecule has 0 spiro atoms. The SMILES string of the molecule is Cn1cc(C(=O)NC[C@H](NS(=O)(=O)c2ccc(-c3ccc(S(=O)(=O)NCCCOCCOCCOCCCNC(=O)c4ccc(N/N=C/c5ccccc5S(=O)(=O)O)nc4)cc3)cc2)C(=O)O)c(=O)c2ccc(CNc3ncc[nH]3)cc21. The van der Waals surface area contributed by atoms with Gasteiger partial charge in [0, 0.05) is 82.2 Å². The number of amides is 2. The summed E-state index contributed by atoms with van der Waals surface area (Å²) < 4.78 is 108. The zero-order valence-electron chi connectivity index (χ0n) is 44.0. The monoisotopic (exact) mass is 1190 g/mol. The minimum Gasteiger partial charge on any atom is -0.480 e. The number of pyridine rings is 2. The number of ether oxygens (including phenoxy) is 3. The number of hydrazone groups is 1. The van der Waals surface area contributed by atoms with Gasteiger partial charge in [-0.15, -0.1) is 0 Å². The van der Waals surface area contributed by atoms with Crippen LogP contribution in [0, 0.1) is 0 Å². The Morgan fingerprint density at radius 3 is 2.02 bits per heavy atom. The Kier molecular flexibility index (Phi) is 21.7. The Morgan fingerprint density at radius 2 is 1.40 bits per heavy atom. The van der Waals surface area contributed by atoms with Crippen LogP contribution in [0.5, 0.6) is 0 Å². The van der Waals surface area contributed by atoms with Gasteiger partial charge in [0.2, 0.25) is 25.5 Å². The van der Waals surface area contributed by atoms with E-state index in [1.54, 1.807) is 66.5 Å². The van der Waals surface area contributed by atoms with Crippen LogP contribution in [0.15, 0.2) is 152 Å². The second-order valence-corrected chi connectivity index (χ2v) is 22.8. The van der Waals surface area contributed by atoms with E-state index in [1.807, 2.05) is 0 Å². The van der Waals surface area contributed by atoms with Crippen molar-refractivity contribution in [1.29, 1.82) is 0 Å². The lowest BCUT2D eigenvalue weighted by atomic mass is 10.1. The van der Waals surface area contributed by atoms with Crippen LogP contribution in [0.3, 0.4) is 0 Å². The van der Waals surface area contributed by atoms with Gasteiger partial charge in [-0.3, -0.25) is 29.2 Å². The van der Waals surface area contributed by atoms with Crippen molar-refractivity contribution < 1.29 is 63.5 Å². The van der Waals surface area contributed by atoms with Gasteiger partial charge in [0.25, 0.3) is 21.9 Å². The van der Waals surface area contributed by atoms with Crippen molar-refractivity contribution in [3.8, 4) is 11.1 Å². The van der Waals surface area contributed by atoms with E-state index in [0.29, 0.717) is 86.3 Å². The number of aliphatic carboxylic acids is 1. The van der Waals surface area contributed by atoms with Crippen LogP contribution in [0.2, 0.25) is 0 Å². The molecule has 29 heteroatoms. The predicted molar refractivity (Wildman–Crippen MR) is 302 cm³/mol. The lowest BCUT2D eigenvalue weighted by molar-refractivity contribution is -0.138. The maximum absolute atomic E-state index is 13.4. The highest BCUT2D eigenvalue weighted by Crippen LogP contribution is 2.24. The number of fused-ring (bicyclic) bond motifs is 1. The van der Waals surface area contributed by atoms with E-state index in [0.717, 1.165) is 5.56 Å². The van der Waals surface area contributed by atoms with E-state index in [9.17, 15) is 54.1 Å². The molecule has 1 atom stereocenters. The van der Waals surface area contributed by atoms with Crippen LogP contribution >= 0.6 is 0 Å². The van der Waals surface area contributed by atoms with Crippen molar-refractivity contribution in [3.63, 3.8) is 0 Å². The van der Waals surface area contributed by atoms with Crippen LogP contribution in [0.4, 0.5) is 11.8 Å². The summed E-state index contributed by atoms with van der Waals surface area (Å²) in [4.78, 5) is 61.8. The predicted octanol–water partition coefficient (Wildman–Crippen LogP) is 3.33. The molecular formula is C53H59N11O15S3. The average molecular weight is 1190 g/mol. The second-order valence-electron chi connectivity index (χ2n) is 17.9. The highest BCUT2D eigenvalue weighted by Gasteiger charge is 2.27. The highest BCUT2D eigenvalue weighted by atomic mass is 32.2. The number of carboxylic acids is 1. The van der Waals surface area contributed by atoms with Gasteiger partial charge in [-0.25, -0.2) is 31.5 Å². The number of carbonyl (C=O) groups is 3. The molecule has 2 amide bonds. The Balaban J connectivity index is 0.737. The molecule has 26 nitrogen and oxygen atoms in total. The summed E-state index contributed by atoms with van der Waals surface area (Å²) in [5, 5.41) is 22.3. The molecule has 4 aromatic carbocycles. The number of H-pyrrole nitrogens is 1. The number of carboxylic acid groups (broad SMARTS) is 1. The quantitative estimate of drug-likeness (QED) is 0.0126. The first kappa shape index (κ1) is 61.4. The molecule has 434 valence electrons. The lowest BCUT2D eigenvalue weighted by Crippen LogP contribution is -2.48. The number of nitrogens with zero attached hydrogens (tertiary/aromatic N) is 4. The largest absolute Gasteiger partial charge is 0.480 e. The van der Waals surface area contributed by atoms with E-state index in [-0.39, 0.29) is 56.9 Å². The molecule has 0 radical (unpaired) electrons. The fourth-order valence-electron chi connectivity index (χ4n) is 7.79. The Morgan fingerprint density at radius 1 is 0.756 bits per heavy atom. The van der Waals surface area contributed by atoms with Crippen molar-refractivity contribution in [2.24, 2.45) is 12.1 Å². The number of aromatic nitrogens is 4. The number of anilines is 2. The molecule has 0 bridgehead atoms. The molecule has 0 aliphatic rings. The molecule has 9 N–H and O–H groups in total. The van der Waals surface area contributed by atoms with Crippen LogP contribution in [-0.4, -0.2) is 144 Å². The van der Waals surface area contributed by atoms with Crippen molar-refractivity contribution in [3.05, 3.63) is 160 Å². The molecule has 0 aliphatic heterocycles. The molecule has 0 unspecified atom stereocenters. The third-order valence-electron chi connectivity index (χ3n) is 12.0. The van der Waals surface area contributed by atoms with Gasteiger partial charge in [0.1, 0.15) is 22.3 Å². The second kappa shape index (κ2) is 28.9. The normalized spacial score (nSPS) is 12.3. The van der Waals surface area contributed by atoms with Gasteiger partial charge in [-0.1, -0.05) is 48.5 Å². The molecule has 0 saturated carbocycles. The molecule has 0 fully saturated rings. The van der Waals surface area contributed by atoms with E-state index < -0.39 is 60.1 Å². The standard InChI is InChI=1S/C53H59N11O15S3/c1-64-35-44(49(65)43-18-8-36(30-46(43)64)31-59-53-55-22-23-56-53)51(67)58-34-45(52(68)69)63-81(72,73)42-16-11-38(12-17-42)37-9-14-41(15-10-37)80(70,71)61-21-5-25-78-27-29-79-28-26-77-24-4-20-54-50(66)40-13-19-48(57-32-40)62-60-33-39-6-2-3-7-47(39)82(74,75)76/h2-3,6-19,22-23,30,32-33,35,45,61,63H,4-5,20-21,24-29,31,34H2,1H3,(H,54,66)(H,57,62)(H,58,67)(H,68,69)(H2,55,56,59)(H,74,75,76)/b60-33+/t45-/m0/s1. The van der Waals surface area contributed by atoms with Crippen LogP contribution in [0.1, 0.15) is 44.7 Å². The molecule has 7 aromatic rings. The van der Waals surface area contributed by atoms with E-state index in [4.69, 9.17) is 14.2 Å². The van der Waals surface area contributed by atoms with Crippen LogP contribution in [-0.2, 0) is 62.8 Å². The van der Waals surface area contributed by atoms with Gasteiger partial charge >= 0.3 is 5.97 Å². The number of sulfonamides is 2. The zero-order valence-corrected chi connectivity index (χ0v) is 46.4. The summed E-state index contributed by atoms with van der Waals surface area (Å²) in [6, 6.07) is 23.5. The molecular weight excluding hydrogens is 1130 g/mol. The van der Waals surface area contributed by atoms with Crippen molar-refractivity contribution in [2.45, 2.75) is 40.1 Å².